The van der Waals surface area contributed by atoms with E-state index in [-0.39, 0.29) is 10.6 Å². The molecule has 0 spiro atoms. The third kappa shape index (κ3) is 3.81. The Kier molecular flexibility index (Phi) is 5.47. The van der Waals surface area contributed by atoms with Gasteiger partial charge in [0.1, 0.15) is 5.69 Å². The van der Waals surface area contributed by atoms with E-state index in [9.17, 15) is 18.5 Å². The van der Waals surface area contributed by atoms with Crippen molar-refractivity contribution < 1.29 is 13.3 Å². The molecule has 0 bridgehead atoms. The van der Waals surface area contributed by atoms with Crippen LogP contribution in [0.2, 0.25) is 0 Å². The molecule has 10 heteroatoms. The highest BCUT2D eigenvalue weighted by Gasteiger charge is 2.27. The van der Waals surface area contributed by atoms with Crippen molar-refractivity contribution in [3.05, 3.63) is 45.6 Å². The van der Waals surface area contributed by atoms with Crippen LogP contribution in [-0.2, 0) is 30.0 Å². The van der Waals surface area contributed by atoms with Crippen molar-refractivity contribution in [1.82, 2.24) is 14.1 Å². The Hall–Kier alpha value is -2.46. The fourth-order valence-electron chi connectivity index (χ4n) is 3.24. The highest BCUT2D eigenvalue weighted by Crippen LogP contribution is 2.29. The number of aryl methyl sites for hydroxylation is 2. The maximum Gasteiger partial charge on any atom is 0.333 e. The molecule has 0 amide bonds. The van der Waals surface area contributed by atoms with Gasteiger partial charge >= 0.3 is 5.69 Å². The SMILES string of the molecule is CCc1nn(C)c(NCc2ccc(S(=O)(=O)N3CCCC3)cc2)c1[N+](=O)[O-]. The zero-order valence-electron chi connectivity index (χ0n) is 15.4. The molecule has 2 aromatic rings. The number of nitrogens with one attached hydrogen (secondary N) is 1. The summed E-state index contributed by atoms with van der Waals surface area (Å²) < 4.78 is 28.1. The fourth-order valence-corrected chi connectivity index (χ4v) is 4.76. The summed E-state index contributed by atoms with van der Waals surface area (Å²) in [6.45, 7) is 3.28. The third-order valence-electron chi connectivity index (χ3n) is 4.70. The molecule has 1 aliphatic heterocycles. The quantitative estimate of drug-likeness (QED) is 0.571. The van der Waals surface area contributed by atoms with Crippen molar-refractivity contribution in [3.63, 3.8) is 0 Å². The van der Waals surface area contributed by atoms with Crippen molar-refractivity contribution >= 4 is 21.5 Å². The predicted molar refractivity (Wildman–Crippen MR) is 101 cm³/mol. The minimum atomic E-state index is -3.44. The molecular weight excluding hydrogens is 370 g/mol. The van der Waals surface area contributed by atoms with Crippen LogP contribution >= 0.6 is 0 Å². The van der Waals surface area contributed by atoms with Crippen LogP contribution in [0.1, 0.15) is 31.0 Å². The minimum absolute atomic E-state index is 0.0202. The van der Waals surface area contributed by atoms with Gasteiger partial charge in [0.05, 0.1) is 9.82 Å². The Morgan fingerprint density at radius 1 is 1.22 bits per heavy atom. The Labute approximate surface area is 158 Å². The number of anilines is 1. The summed E-state index contributed by atoms with van der Waals surface area (Å²) in [7, 11) is -1.78. The van der Waals surface area contributed by atoms with Gasteiger partial charge in [-0.2, -0.15) is 9.40 Å². The van der Waals surface area contributed by atoms with Gasteiger partial charge in [0.2, 0.25) is 15.8 Å². The van der Waals surface area contributed by atoms with Gasteiger partial charge < -0.3 is 5.32 Å². The fraction of sp³-hybridized carbons (Fsp3) is 0.471. The van der Waals surface area contributed by atoms with Crippen molar-refractivity contribution in [2.24, 2.45) is 7.05 Å². The molecule has 146 valence electrons. The summed E-state index contributed by atoms with van der Waals surface area (Å²) in [5.74, 6) is 0.339. The van der Waals surface area contributed by atoms with Crippen molar-refractivity contribution in [2.45, 2.75) is 37.6 Å². The van der Waals surface area contributed by atoms with Gasteiger partial charge in [-0.25, -0.2) is 13.1 Å². The Balaban J connectivity index is 1.75. The lowest BCUT2D eigenvalue weighted by Crippen LogP contribution is -2.27. The monoisotopic (exact) mass is 393 g/mol. The van der Waals surface area contributed by atoms with E-state index >= 15 is 0 Å². The smallest absolute Gasteiger partial charge is 0.333 e. The molecular formula is C17H23N5O4S. The molecule has 1 aliphatic rings. The lowest BCUT2D eigenvalue weighted by Gasteiger charge is -2.15. The van der Waals surface area contributed by atoms with Crippen LogP contribution in [0.25, 0.3) is 0 Å². The molecule has 0 aliphatic carbocycles. The summed E-state index contributed by atoms with van der Waals surface area (Å²) >= 11 is 0. The van der Waals surface area contributed by atoms with E-state index in [0.29, 0.717) is 37.6 Å². The lowest BCUT2D eigenvalue weighted by atomic mass is 10.2. The first-order valence-electron chi connectivity index (χ1n) is 8.87. The number of benzene rings is 1. The average molecular weight is 393 g/mol. The zero-order valence-corrected chi connectivity index (χ0v) is 16.2. The second kappa shape index (κ2) is 7.65. The van der Waals surface area contributed by atoms with Crippen molar-refractivity contribution in [3.8, 4) is 0 Å². The molecule has 1 aromatic heterocycles. The van der Waals surface area contributed by atoms with Gasteiger partial charge in [0, 0.05) is 26.7 Å². The highest BCUT2D eigenvalue weighted by atomic mass is 32.2. The maximum absolute atomic E-state index is 12.5. The second-order valence-corrected chi connectivity index (χ2v) is 8.42. The van der Waals surface area contributed by atoms with Crippen LogP contribution in [-0.4, -0.2) is 40.5 Å². The number of hydrogen-bond donors (Lipinski definition) is 1. The molecule has 1 N–H and O–H groups in total. The first-order valence-corrected chi connectivity index (χ1v) is 10.3. The molecule has 1 fully saturated rings. The summed E-state index contributed by atoms with van der Waals surface area (Å²) in [6.07, 6.45) is 2.25. The van der Waals surface area contributed by atoms with Gasteiger partial charge in [-0.3, -0.25) is 10.1 Å². The first-order chi connectivity index (χ1) is 12.8. The van der Waals surface area contributed by atoms with E-state index in [0.717, 1.165) is 18.4 Å². The van der Waals surface area contributed by atoms with Crippen LogP contribution in [0.5, 0.6) is 0 Å². The van der Waals surface area contributed by atoms with Crippen LogP contribution in [0.4, 0.5) is 11.5 Å². The third-order valence-corrected chi connectivity index (χ3v) is 6.61. The number of sulfonamides is 1. The van der Waals surface area contributed by atoms with Crippen LogP contribution < -0.4 is 5.32 Å². The van der Waals surface area contributed by atoms with Crippen LogP contribution in [0, 0.1) is 10.1 Å². The Morgan fingerprint density at radius 2 is 1.85 bits per heavy atom. The average Bonchev–Trinajstić information content (AvgIpc) is 3.28. The normalized spacial score (nSPS) is 15.2. The van der Waals surface area contributed by atoms with Gasteiger partial charge in [-0.05, 0) is 37.0 Å². The molecule has 0 radical (unpaired) electrons. The maximum atomic E-state index is 12.5. The van der Waals surface area contributed by atoms with E-state index in [1.54, 1.807) is 31.3 Å². The number of aromatic nitrogens is 2. The predicted octanol–water partition coefficient (Wildman–Crippen LogP) is 2.29. The topological polar surface area (TPSA) is 110 Å². The summed E-state index contributed by atoms with van der Waals surface area (Å²) in [4.78, 5) is 11.2. The standard InChI is InChI=1S/C17H23N5O4S/c1-3-15-16(22(23)24)17(20(2)19-15)18-12-13-6-8-14(9-7-13)27(25,26)21-10-4-5-11-21/h6-9,18H,3-5,10-12H2,1-2H3. The molecule has 1 saturated heterocycles. The van der Waals surface area contributed by atoms with Gasteiger partial charge in [-0.1, -0.05) is 19.1 Å². The molecule has 0 saturated carbocycles. The van der Waals surface area contributed by atoms with E-state index in [2.05, 4.69) is 10.4 Å². The van der Waals surface area contributed by atoms with Crippen molar-refractivity contribution in [1.29, 1.82) is 0 Å². The zero-order chi connectivity index (χ0) is 19.6. The number of nitrogens with zero attached hydrogens (tertiary/aromatic N) is 4. The highest BCUT2D eigenvalue weighted by molar-refractivity contribution is 7.89. The van der Waals surface area contributed by atoms with E-state index in [4.69, 9.17) is 0 Å². The molecule has 0 unspecified atom stereocenters. The molecule has 2 heterocycles. The summed E-state index contributed by atoms with van der Waals surface area (Å²) in [5, 5.41) is 18.6. The Bertz CT molecular complexity index is 931. The lowest BCUT2D eigenvalue weighted by molar-refractivity contribution is -0.384. The van der Waals surface area contributed by atoms with Crippen LogP contribution in [0.3, 0.4) is 0 Å². The number of rotatable bonds is 7. The van der Waals surface area contributed by atoms with Gasteiger partial charge in [0.25, 0.3) is 0 Å². The molecule has 27 heavy (non-hydrogen) atoms. The Morgan fingerprint density at radius 3 is 2.41 bits per heavy atom. The minimum Gasteiger partial charge on any atom is -0.360 e. The van der Waals surface area contributed by atoms with Gasteiger partial charge in [0.15, 0.2) is 0 Å². The summed E-state index contributed by atoms with van der Waals surface area (Å²) in [5.41, 5.74) is 1.23. The molecule has 9 nitrogen and oxygen atoms in total. The van der Waals surface area contributed by atoms with E-state index in [1.165, 1.54) is 8.99 Å². The number of hydrogen-bond acceptors (Lipinski definition) is 6. The molecule has 3 rings (SSSR count). The first kappa shape index (κ1) is 19.3. The van der Waals surface area contributed by atoms with Crippen LogP contribution in [0.15, 0.2) is 29.2 Å². The molecule has 1 aromatic carbocycles. The second-order valence-electron chi connectivity index (χ2n) is 6.49. The largest absolute Gasteiger partial charge is 0.360 e. The number of nitro groups is 1. The van der Waals surface area contributed by atoms with Crippen molar-refractivity contribution in [2.75, 3.05) is 18.4 Å². The van der Waals surface area contributed by atoms with Gasteiger partial charge in [-0.15, -0.1) is 0 Å². The van der Waals surface area contributed by atoms with E-state index < -0.39 is 14.9 Å². The van der Waals surface area contributed by atoms with E-state index in [1.807, 2.05) is 6.92 Å². The molecule has 0 atom stereocenters. The summed E-state index contributed by atoms with van der Waals surface area (Å²) in [6, 6.07) is 6.61.